The number of ether oxygens (including phenoxy) is 4. The number of carbonyl (C=O) groups is 1. The molecule has 0 spiro atoms. The number of morpholine rings is 1. The Kier molecular flexibility index (Phi) is 7.85. The minimum absolute atomic E-state index is 0.207. The molecule has 0 aliphatic carbocycles. The molecule has 2 aromatic carbocycles. The molecule has 10 heteroatoms. The number of rotatable bonds is 7. The van der Waals surface area contributed by atoms with Crippen LogP contribution in [-0.2, 0) is 14.3 Å². The van der Waals surface area contributed by atoms with Gasteiger partial charge in [-0.2, -0.15) is 0 Å². The molecule has 39 heavy (non-hydrogen) atoms. The van der Waals surface area contributed by atoms with Crippen molar-refractivity contribution in [2.45, 2.75) is 19.9 Å². The van der Waals surface area contributed by atoms with Crippen molar-refractivity contribution in [1.29, 1.82) is 0 Å². The molecule has 204 valence electrons. The molecule has 2 aliphatic rings. The van der Waals surface area contributed by atoms with Crippen LogP contribution in [0.25, 0.3) is 6.08 Å². The maximum absolute atomic E-state index is 13.9. The van der Waals surface area contributed by atoms with E-state index < -0.39 is 12.0 Å². The van der Waals surface area contributed by atoms with Gasteiger partial charge < -0.3 is 23.8 Å². The van der Waals surface area contributed by atoms with Crippen LogP contribution in [0, 0.1) is 0 Å². The number of nitrogens with zero attached hydrogens (tertiary/aromatic N) is 3. The van der Waals surface area contributed by atoms with Gasteiger partial charge in [-0.25, -0.2) is 9.79 Å². The predicted octanol–water partition coefficient (Wildman–Crippen LogP) is 2.65. The van der Waals surface area contributed by atoms with Gasteiger partial charge in [0.1, 0.15) is 0 Å². The second kappa shape index (κ2) is 11.5. The van der Waals surface area contributed by atoms with E-state index in [1.807, 2.05) is 24.3 Å². The number of fused-ring (bicyclic) bond motifs is 1. The van der Waals surface area contributed by atoms with Gasteiger partial charge in [-0.15, -0.1) is 0 Å². The summed E-state index contributed by atoms with van der Waals surface area (Å²) in [5.41, 5.74) is 3.31. The number of esters is 1. The summed E-state index contributed by atoms with van der Waals surface area (Å²) in [6.07, 6.45) is 1.86. The normalized spacial score (nSPS) is 17.5. The van der Waals surface area contributed by atoms with Crippen LogP contribution in [0.3, 0.4) is 0 Å². The molecule has 9 nitrogen and oxygen atoms in total. The highest BCUT2D eigenvalue weighted by Gasteiger charge is 2.34. The summed E-state index contributed by atoms with van der Waals surface area (Å²) in [4.78, 5) is 34.4. The van der Waals surface area contributed by atoms with E-state index in [0.717, 1.165) is 37.6 Å². The van der Waals surface area contributed by atoms with Gasteiger partial charge >= 0.3 is 5.97 Å². The highest BCUT2D eigenvalue weighted by atomic mass is 32.1. The summed E-state index contributed by atoms with van der Waals surface area (Å²) in [5, 5.41) is 0. The van der Waals surface area contributed by atoms with Crippen LogP contribution >= 0.6 is 11.3 Å². The lowest BCUT2D eigenvalue weighted by Crippen LogP contribution is -2.40. The molecule has 1 saturated heterocycles. The molecule has 1 fully saturated rings. The number of allylic oxidation sites excluding steroid dienone is 1. The molecular weight excluding hydrogens is 518 g/mol. The highest BCUT2D eigenvalue weighted by Crippen LogP contribution is 2.36. The van der Waals surface area contributed by atoms with Crippen molar-refractivity contribution in [3.05, 3.63) is 84.5 Å². The van der Waals surface area contributed by atoms with Crippen LogP contribution in [0.4, 0.5) is 5.69 Å². The molecule has 1 aromatic heterocycles. The van der Waals surface area contributed by atoms with E-state index in [1.54, 1.807) is 44.8 Å². The first-order valence-electron chi connectivity index (χ1n) is 12.8. The van der Waals surface area contributed by atoms with Crippen molar-refractivity contribution >= 4 is 29.1 Å². The average Bonchev–Trinajstić information content (AvgIpc) is 3.26. The number of methoxy groups -OCH3 is 2. The smallest absolute Gasteiger partial charge is 0.338 e. The topological polar surface area (TPSA) is 91.6 Å². The third-order valence-corrected chi connectivity index (χ3v) is 7.79. The minimum Gasteiger partial charge on any atom is -0.493 e. The average molecular weight is 550 g/mol. The Labute approximate surface area is 230 Å². The number of benzene rings is 2. The van der Waals surface area contributed by atoms with Gasteiger partial charge in [0.05, 0.1) is 55.9 Å². The lowest BCUT2D eigenvalue weighted by molar-refractivity contribution is -0.139. The quantitative estimate of drug-likeness (QED) is 0.419. The Bertz CT molecular complexity index is 1580. The minimum atomic E-state index is -0.731. The summed E-state index contributed by atoms with van der Waals surface area (Å²) < 4.78 is 23.8. The predicted molar refractivity (Wildman–Crippen MR) is 149 cm³/mol. The number of aromatic nitrogens is 1. The van der Waals surface area contributed by atoms with Gasteiger partial charge in [0, 0.05) is 18.8 Å². The molecule has 2 aliphatic heterocycles. The Morgan fingerprint density at radius 2 is 1.82 bits per heavy atom. The Balaban J connectivity index is 1.61. The maximum Gasteiger partial charge on any atom is 0.338 e. The lowest BCUT2D eigenvalue weighted by Gasteiger charge is -2.28. The molecule has 3 heterocycles. The van der Waals surface area contributed by atoms with Crippen LogP contribution in [0.15, 0.2) is 63.5 Å². The number of hydrogen-bond acceptors (Lipinski definition) is 9. The van der Waals surface area contributed by atoms with Crippen LogP contribution < -0.4 is 29.3 Å². The summed E-state index contributed by atoms with van der Waals surface area (Å²) in [7, 11) is 3.10. The molecule has 3 aromatic rings. The van der Waals surface area contributed by atoms with E-state index in [9.17, 15) is 9.59 Å². The molecule has 0 amide bonds. The Morgan fingerprint density at radius 3 is 2.49 bits per heavy atom. The van der Waals surface area contributed by atoms with E-state index in [4.69, 9.17) is 18.9 Å². The van der Waals surface area contributed by atoms with E-state index in [1.165, 1.54) is 11.3 Å². The van der Waals surface area contributed by atoms with E-state index in [0.29, 0.717) is 37.7 Å². The van der Waals surface area contributed by atoms with Crippen LogP contribution in [0.2, 0.25) is 0 Å². The van der Waals surface area contributed by atoms with Crippen LogP contribution in [0.1, 0.15) is 31.0 Å². The third kappa shape index (κ3) is 5.22. The second-order valence-corrected chi connectivity index (χ2v) is 10.1. The number of anilines is 1. The van der Waals surface area contributed by atoms with Gasteiger partial charge in [0.2, 0.25) is 0 Å². The van der Waals surface area contributed by atoms with Gasteiger partial charge in [-0.05, 0) is 55.3 Å². The maximum atomic E-state index is 13.9. The summed E-state index contributed by atoms with van der Waals surface area (Å²) in [6.45, 7) is 6.88. The third-order valence-electron chi connectivity index (χ3n) is 6.81. The number of hydrogen-bond donors (Lipinski definition) is 0. The molecule has 5 rings (SSSR count). The number of carbonyl (C=O) groups excluding carboxylic acids is 1. The molecular formula is C29H31N3O6S. The molecule has 0 radical (unpaired) electrons. The van der Waals surface area contributed by atoms with E-state index in [2.05, 4.69) is 22.0 Å². The fourth-order valence-electron chi connectivity index (χ4n) is 4.88. The van der Waals surface area contributed by atoms with Crippen molar-refractivity contribution in [3.8, 4) is 11.5 Å². The van der Waals surface area contributed by atoms with Crippen LogP contribution in [-0.4, -0.2) is 57.7 Å². The fraction of sp³-hybridized carbons (Fsp3) is 0.345. The first-order chi connectivity index (χ1) is 18.9. The second-order valence-electron chi connectivity index (χ2n) is 9.11. The summed E-state index contributed by atoms with van der Waals surface area (Å²) in [6, 6.07) is 12.8. The van der Waals surface area contributed by atoms with Crippen molar-refractivity contribution in [1.82, 2.24) is 4.57 Å². The lowest BCUT2D eigenvalue weighted by atomic mass is 9.95. The highest BCUT2D eigenvalue weighted by molar-refractivity contribution is 7.07. The molecule has 0 bridgehead atoms. The van der Waals surface area contributed by atoms with Gasteiger partial charge in [-0.1, -0.05) is 29.5 Å². The Morgan fingerprint density at radius 1 is 1.10 bits per heavy atom. The van der Waals surface area contributed by atoms with Crippen molar-refractivity contribution < 1.29 is 23.7 Å². The van der Waals surface area contributed by atoms with Crippen molar-refractivity contribution in [2.24, 2.45) is 4.99 Å². The standard InChI is InChI=1S/C29H31N3O6S/c1-5-38-28(34)25-18(2)30-29-32(26(25)20-8-11-22(35-3)23(17-20)36-4)27(33)24(39-29)16-19-6-9-21(10-7-19)31-12-14-37-15-13-31/h6-11,16-17,26H,5,12-15H2,1-4H3/b24-16-. The fourth-order valence-corrected chi connectivity index (χ4v) is 5.93. The first kappa shape index (κ1) is 26.7. The zero-order valence-corrected chi connectivity index (χ0v) is 23.2. The molecule has 0 saturated carbocycles. The van der Waals surface area contributed by atoms with Gasteiger partial charge in [0.25, 0.3) is 5.56 Å². The van der Waals surface area contributed by atoms with Crippen molar-refractivity contribution in [3.63, 3.8) is 0 Å². The largest absolute Gasteiger partial charge is 0.493 e. The molecule has 1 atom stereocenters. The Hall–Kier alpha value is -3.89. The zero-order chi connectivity index (χ0) is 27.5. The monoisotopic (exact) mass is 549 g/mol. The number of thiazole rings is 1. The summed E-state index contributed by atoms with van der Waals surface area (Å²) >= 11 is 1.30. The van der Waals surface area contributed by atoms with Crippen LogP contribution in [0.5, 0.6) is 11.5 Å². The van der Waals surface area contributed by atoms with E-state index >= 15 is 0 Å². The van der Waals surface area contributed by atoms with Gasteiger partial charge in [-0.3, -0.25) is 9.36 Å². The molecule has 1 unspecified atom stereocenters. The zero-order valence-electron chi connectivity index (χ0n) is 22.4. The summed E-state index contributed by atoms with van der Waals surface area (Å²) in [5.74, 6) is 0.537. The first-order valence-corrected chi connectivity index (χ1v) is 13.6. The van der Waals surface area contributed by atoms with E-state index in [-0.39, 0.29) is 12.2 Å². The van der Waals surface area contributed by atoms with Gasteiger partial charge in [0.15, 0.2) is 16.3 Å². The van der Waals surface area contributed by atoms with Crippen molar-refractivity contribution in [2.75, 3.05) is 52.0 Å². The molecule has 0 N–H and O–H groups in total. The SMILES string of the molecule is CCOC(=O)C1=C(C)N=c2s/c(=C\c3ccc(N4CCOCC4)cc3)c(=O)n2C1c1ccc(OC)c(OC)c1.